The quantitative estimate of drug-likeness (QED) is 0.573. The maximum atomic E-state index is 12.0. The van der Waals surface area contributed by atoms with E-state index in [9.17, 15) is 4.55 Å². The second-order valence-electron chi connectivity index (χ2n) is 5.76. The van der Waals surface area contributed by atoms with Crippen LogP contribution in [0.25, 0.3) is 10.7 Å². The van der Waals surface area contributed by atoms with Gasteiger partial charge in [-0.25, -0.2) is 4.98 Å². The largest absolute Gasteiger partial charge is 0.591 e. The van der Waals surface area contributed by atoms with Gasteiger partial charge < -0.3 is 4.55 Å². The monoisotopic (exact) mass is 402 g/mol. The fourth-order valence-electron chi connectivity index (χ4n) is 1.72. The van der Waals surface area contributed by atoms with Crippen molar-refractivity contribution >= 4 is 44.8 Å². The number of rotatable bonds is 4. The fraction of sp³-hybridized carbons (Fsp3) is 0.500. The van der Waals surface area contributed by atoms with Crippen molar-refractivity contribution in [2.45, 2.75) is 45.9 Å². The van der Waals surface area contributed by atoms with Gasteiger partial charge in [0.05, 0.1) is 22.5 Å². The summed E-state index contributed by atoms with van der Waals surface area (Å²) in [6, 6.07) is 2.02. The summed E-state index contributed by atoms with van der Waals surface area (Å²) in [7, 11) is 0. The number of nitrogens with zero attached hydrogens (tertiary/aromatic N) is 4. The maximum absolute atomic E-state index is 12.0. The molecule has 0 aliphatic carbocycles. The average molecular weight is 403 g/mol. The van der Waals surface area contributed by atoms with Gasteiger partial charge in [0.25, 0.3) is 0 Å². The van der Waals surface area contributed by atoms with Crippen molar-refractivity contribution in [1.29, 1.82) is 0 Å². The van der Waals surface area contributed by atoms with E-state index in [0.29, 0.717) is 4.60 Å². The molecule has 8 heteroatoms. The van der Waals surface area contributed by atoms with E-state index < -0.39 is 11.4 Å². The zero-order valence-electron chi connectivity index (χ0n) is 13.3. The van der Waals surface area contributed by atoms with Crippen LogP contribution in [0, 0.1) is 6.92 Å². The first-order valence-corrected chi connectivity index (χ1v) is 9.61. The van der Waals surface area contributed by atoms with Gasteiger partial charge in [0.15, 0.2) is 0 Å². The highest BCUT2D eigenvalue weighted by atomic mass is 79.9. The molecule has 5 nitrogen and oxygen atoms in total. The minimum atomic E-state index is -1.27. The molecule has 22 heavy (non-hydrogen) atoms. The number of hydrogen-bond acceptors (Lipinski definition) is 5. The molecule has 2 aromatic heterocycles. The molecule has 0 saturated carbocycles. The third-order valence-corrected chi connectivity index (χ3v) is 6.04. The molecule has 2 aromatic rings. The van der Waals surface area contributed by atoms with Crippen molar-refractivity contribution in [1.82, 2.24) is 14.8 Å². The van der Waals surface area contributed by atoms with Crippen molar-refractivity contribution in [3.05, 3.63) is 21.2 Å². The van der Waals surface area contributed by atoms with Crippen LogP contribution in [0.2, 0.25) is 0 Å². The van der Waals surface area contributed by atoms with Crippen LogP contribution in [-0.4, -0.2) is 30.3 Å². The Morgan fingerprint density at radius 2 is 2.18 bits per heavy atom. The third kappa shape index (κ3) is 3.98. The zero-order valence-corrected chi connectivity index (χ0v) is 16.5. The van der Waals surface area contributed by atoms with Gasteiger partial charge >= 0.3 is 0 Å². The summed E-state index contributed by atoms with van der Waals surface area (Å²) in [5.74, 6) is 0. The van der Waals surface area contributed by atoms with Crippen molar-refractivity contribution in [2.75, 3.05) is 0 Å². The Kier molecular flexibility index (Phi) is 5.47. The molecule has 0 N–H and O–H groups in total. The van der Waals surface area contributed by atoms with E-state index >= 15 is 0 Å². The molecule has 0 bridgehead atoms. The van der Waals surface area contributed by atoms with Crippen LogP contribution in [-0.2, 0) is 17.9 Å². The van der Waals surface area contributed by atoms with Crippen LogP contribution in [0.5, 0.6) is 0 Å². The molecule has 120 valence electrons. The lowest BCUT2D eigenvalue weighted by atomic mass is 10.3. The lowest BCUT2D eigenvalue weighted by molar-refractivity contribution is 0.562. The predicted molar refractivity (Wildman–Crippen MR) is 96.9 cm³/mol. The molecule has 0 fully saturated rings. The second-order valence-corrected chi connectivity index (χ2v) is 9.47. The van der Waals surface area contributed by atoms with Crippen molar-refractivity contribution < 1.29 is 4.55 Å². The average Bonchev–Trinajstić information content (AvgIpc) is 2.97. The maximum Gasteiger partial charge on any atom is 0.144 e. The molecule has 1 atom stereocenters. The summed E-state index contributed by atoms with van der Waals surface area (Å²) in [4.78, 5) is 5.38. The number of halogens is 1. The Hall–Kier alpha value is -0.700. The summed E-state index contributed by atoms with van der Waals surface area (Å²) in [6.07, 6.45) is 1.63. The Labute approximate surface area is 146 Å². The van der Waals surface area contributed by atoms with Gasteiger partial charge in [0, 0.05) is 6.54 Å². The molecule has 0 radical (unpaired) electrons. The number of thiazole rings is 1. The predicted octanol–water partition coefficient (Wildman–Crippen LogP) is 3.98. The third-order valence-electron chi connectivity index (χ3n) is 2.82. The Morgan fingerprint density at radius 1 is 1.50 bits per heavy atom. The molecule has 0 aromatic carbocycles. The standard InChI is InChI=1S/C14H19BrN4OS2/c1-6-19-10(7-9(2)18-19)13-17-12(15)11(21-13)8-16-22(20)14(3,4)5/h7-8H,6H2,1-5H3. The zero-order chi connectivity index (χ0) is 16.5. The van der Waals surface area contributed by atoms with E-state index in [1.165, 1.54) is 11.3 Å². The first-order valence-electron chi connectivity index (χ1n) is 6.89. The molecule has 0 spiro atoms. The minimum absolute atomic E-state index is 0.367. The molecule has 0 amide bonds. The number of aromatic nitrogens is 3. The summed E-state index contributed by atoms with van der Waals surface area (Å²) >= 11 is 3.68. The lowest BCUT2D eigenvalue weighted by Gasteiger charge is -2.17. The summed E-state index contributed by atoms with van der Waals surface area (Å²) in [5, 5.41) is 5.31. The van der Waals surface area contributed by atoms with E-state index in [2.05, 4.69) is 30.4 Å². The summed E-state index contributed by atoms with van der Waals surface area (Å²) in [5.41, 5.74) is 1.95. The van der Waals surface area contributed by atoms with Gasteiger partial charge in [-0.2, -0.15) is 5.10 Å². The van der Waals surface area contributed by atoms with Gasteiger partial charge in [0.1, 0.15) is 25.7 Å². The Bertz CT molecular complexity index is 688. The molecule has 0 aliphatic rings. The first kappa shape index (κ1) is 17.7. The van der Waals surface area contributed by atoms with Crippen molar-refractivity contribution in [3.63, 3.8) is 0 Å². The first-order chi connectivity index (χ1) is 10.2. The van der Waals surface area contributed by atoms with Crippen LogP contribution in [0.3, 0.4) is 0 Å². The molecule has 1 unspecified atom stereocenters. The van der Waals surface area contributed by atoms with Crippen LogP contribution in [0.15, 0.2) is 15.1 Å². The number of aryl methyl sites for hydroxylation is 2. The molecule has 0 saturated heterocycles. The van der Waals surface area contributed by atoms with E-state index in [1.807, 2.05) is 45.4 Å². The van der Waals surface area contributed by atoms with Crippen molar-refractivity contribution in [2.24, 2.45) is 4.40 Å². The van der Waals surface area contributed by atoms with E-state index in [-0.39, 0.29) is 4.75 Å². The van der Waals surface area contributed by atoms with Gasteiger partial charge in [-0.3, -0.25) is 4.68 Å². The number of hydrogen-bond donors (Lipinski definition) is 0. The van der Waals surface area contributed by atoms with Crippen molar-refractivity contribution in [3.8, 4) is 10.7 Å². The molecule has 2 heterocycles. The molecular formula is C14H19BrN4OS2. The normalized spacial score (nSPS) is 14.0. The highest BCUT2D eigenvalue weighted by Crippen LogP contribution is 2.31. The van der Waals surface area contributed by atoms with Crippen LogP contribution in [0.4, 0.5) is 0 Å². The molecule has 0 aliphatic heterocycles. The topological polar surface area (TPSA) is 66.1 Å². The van der Waals surface area contributed by atoms with Gasteiger partial charge in [0.2, 0.25) is 0 Å². The van der Waals surface area contributed by atoms with Gasteiger partial charge in [-0.05, 0) is 56.6 Å². The SMILES string of the molecule is CCn1nc(C)cc1-c1nc(Br)c(C=N[S+]([O-])C(C)(C)C)s1. The van der Waals surface area contributed by atoms with Gasteiger partial charge in [-0.15, -0.1) is 11.3 Å². The second kappa shape index (κ2) is 6.82. The smallest absolute Gasteiger partial charge is 0.144 e. The van der Waals surface area contributed by atoms with Crippen LogP contribution < -0.4 is 0 Å². The molecule has 2 rings (SSSR count). The highest BCUT2D eigenvalue weighted by Gasteiger charge is 2.26. The Balaban J connectivity index is 2.30. The summed E-state index contributed by atoms with van der Waals surface area (Å²) in [6.45, 7) is 10.5. The highest BCUT2D eigenvalue weighted by molar-refractivity contribution is 9.10. The Morgan fingerprint density at radius 3 is 2.77 bits per heavy atom. The summed E-state index contributed by atoms with van der Waals surface area (Å²) < 4.78 is 18.4. The molecular weight excluding hydrogens is 384 g/mol. The van der Waals surface area contributed by atoms with Gasteiger partial charge in [-0.1, -0.05) is 4.40 Å². The van der Waals surface area contributed by atoms with E-state index in [1.54, 1.807) is 6.21 Å². The van der Waals surface area contributed by atoms with Crippen LogP contribution >= 0.6 is 27.3 Å². The fourth-order valence-corrected chi connectivity index (χ4v) is 3.79. The van der Waals surface area contributed by atoms with Crippen LogP contribution in [0.1, 0.15) is 38.3 Å². The minimum Gasteiger partial charge on any atom is -0.591 e. The van der Waals surface area contributed by atoms with E-state index in [4.69, 9.17) is 0 Å². The van der Waals surface area contributed by atoms with E-state index in [0.717, 1.165) is 27.8 Å². The lowest BCUT2D eigenvalue weighted by Crippen LogP contribution is -2.25.